The minimum absolute atomic E-state index is 0.203. The van der Waals surface area contributed by atoms with Crippen LogP contribution in [0.2, 0.25) is 0 Å². The van der Waals surface area contributed by atoms with Crippen LogP contribution in [-0.4, -0.2) is 48.6 Å². The van der Waals surface area contributed by atoms with Crippen molar-refractivity contribution >= 4 is 17.7 Å². The third-order valence-corrected chi connectivity index (χ3v) is 7.91. The van der Waals surface area contributed by atoms with Crippen molar-refractivity contribution < 1.29 is 14.4 Å². The van der Waals surface area contributed by atoms with E-state index in [1.165, 1.54) is 0 Å². The van der Waals surface area contributed by atoms with Crippen molar-refractivity contribution in [3.8, 4) is 11.4 Å². The SMILES string of the molecule is CCCCCCCC1(C)NC(=O)N(CC(=O)c2cc(C)n(-c3c(C)n(C)n(-c4ccccc4)c3=O)c2C)C1=O. The number of nitrogens with zero attached hydrogens (tertiary/aromatic N) is 4. The second kappa shape index (κ2) is 11.1. The number of benzene rings is 1. The first-order chi connectivity index (χ1) is 18.5. The topological polar surface area (TPSA) is 98.3 Å². The molecule has 9 heteroatoms. The fourth-order valence-electron chi connectivity index (χ4n) is 5.57. The summed E-state index contributed by atoms with van der Waals surface area (Å²) in [5.74, 6) is -0.711. The Kier molecular flexibility index (Phi) is 7.99. The molecule has 0 radical (unpaired) electrons. The van der Waals surface area contributed by atoms with Gasteiger partial charge >= 0.3 is 6.03 Å². The number of urea groups is 1. The van der Waals surface area contributed by atoms with E-state index in [9.17, 15) is 19.2 Å². The number of aryl methyl sites for hydroxylation is 1. The average Bonchev–Trinajstić information content (AvgIpc) is 3.40. The van der Waals surface area contributed by atoms with E-state index in [0.717, 1.165) is 54.1 Å². The van der Waals surface area contributed by atoms with Gasteiger partial charge in [0.2, 0.25) is 0 Å². The van der Waals surface area contributed by atoms with Crippen LogP contribution in [0.15, 0.2) is 41.2 Å². The molecule has 3 heterocycles. The van der Waals surface area contributed by atoms with E-state index in [0.29, 0.717) is 23.4 Å². The van der Waals surface area contributed by atoms with Crippen LogP contribution in [-0.2, 0) is 11.8 Å². The summed E-state index contributed by atoms with van der Waals surface area (Å²) < 4.78 is 5.18. The molecule has 3 aromatic rings. The highest BCUT2D eigenvalue weighted by molar-refractivity contribution is 6.11. The quantitative estimate of drug-likeness (QED) is 0.219. The molecule has 1 N–H and O–H groups in total. The van der Waals surface area contributed by atoms with Gasteiger partial charge in [0.1, 0.15) is 11.2 Å². The number of rotatable bonds is 11. The number of carbonyl (C=O) groups excluding carboxylic acids is 3. The molecule has 1 fully saturated rings. The van der Waals surface area contributed by atoms with Crippen molar-refractivity contribution in [1.29, 1.82) is 0 Å². The molecule has 4 rings (SSSR count). The monoisotopic (exact) mass is 533 g/mol. The molecule has 0 bridgehead atoms. The minimum Gasteiger partial charge on any atom is -0.323 e. The van der Waals surface area contributed by atoms with Crippen molar-refractivity contribution in [3.05, 3.63) is 69.4 Å². The summed E-state index contributed by atoms with van der Waals surface area (Å²) in [6.45, 7) is 9.03. The molecule has 1 aliphatic rings. The van der Waals surface area contributed by atoms with Gasteiger partial charge in [-0.1, -0.05) is 57.2 Å². The van der Waals surface area contributed by atoms with E-state index in [1.54, 1.807) is 33.8 Å². The maximum Gasteiger partial charge on any atom is 0.325 e. The highest BCUT2D eigenvalue weighted by Gasteiger charge is 2.47. The third-order valence-electron chi connectivity index (χ3n) is 7.91. The lowest BCUT2D eigenvalue weighted by Gasteiger charge is -2.21. The molecule has 2 aromatic heterocycles. The van der Waals surface area contributed by atoms with Crippen LogP contribution in [0, 0.1) is 20.8 Å². The fourth-order valence-corrected chi connectivity index (χ4v) is 5.57. The zero-order chi connectivity index (χ0) is 28.5. The van der Waals surface area contributed by atoms with Crippen molar-refractivity contribution in [2.24, 2.45) is 7.05 Å². The Morgan fingerprint density at radius 3 is 2.28 bits per heavy atom. The Hall–Kier alpha value is -3.88. The van der Waals surface area contributed by atoms with Gasteiger partial charge in [0, 0.05) is 24.0 Å². The predicted molar refractivity (Wildman–Crippen MR) is 151 cm³/mol. The number of hydrogen-bond acceptors (Lipinski definition) is 4. The van der Waals surface area contributed by atoms with Crippen molar-refractivity contribution in [2.75, 3.05) is 6.54 Å². The smallest absolute Gasteiger partial charge is 0.323 e. The van der Waals surface area contributed by atoms with Gasteiger partial charge < -0.3 is 9.88 Å². The zero-order valence-electron chi connectivity index (χ0n) is 23.8. The van der Waals surface area contributed by atoms with E-state index in [2.05, 4.69) is 12.2 Å². The molecule has 1 saturated heterocycles. The van der Waals surface area contributed by atoms with Crippen molar-refractivity contribution in [3.63, 3.8) is 0 Å². The summed E-state index contributed by atoms with van der Waals surface area (Å²) in [6.07, 6.45) is 5.77. The Labute approximate surface area is 229 Å². The van der Waals surface area contributed by atoms with Crippen LogP contribution in [0.4, 0.5) is 4.79 Å². The molecule has 0 aliphatic carbocycles. The van der Waals surface area contributed by atoms with Gasteiger partial charge in [-0.2, -0.15) is 0 Å². The number of para-hydroxylation sites is 1. The maximum atomic E-state index is 13.6. The molecule has 1 aliphatic heterocycles. The molecule has 9 nitrogen and oxygen atoms in total. The highest BCUT2D eigenvalue weighted by Crippen LogP contribution is 2.26. The molecule has 39 heavy (non-hydrogen) atoms. The Bertz CT molecular complexity index is 1460. The molecule has 0 spiro atoms. The summed E-state index contributed by atoms with van der Waals surface area (Å²) in [7, 11) is 1.83. The van der Waals surface area contributed by atoms with E-state index < -0.39 is 11.6 Å². The van der Waals surface area contributed by atoms with Crippen LogP contribution in [0.25, 0.3) is 11.4 Å². The lowest BCUT2D eigenvalue weighted by atomic mass is 9.94. The summed E-state index contributed by atoms with van der Waals surface area (Å²) in [5.41, 5.74) is 2.44. The van der Waals surface area contributed by atoms with Crippen LogP contribution in [0.1, 0.15) is 79.8 Å². The van der Waals surface area contributed by atoms with Gasteiger partial charge in [0.05, 0.1) is 17.9 Å². The number of imide groups is 1. The molecule has 208 valence electrons. The van der Waals surface area contributed by atoms with Crippen LogP contribution >= 0.6 is 0 Å². The molecule has 1 aromatic carbocycles. The van der Waals surface area contributed by atoms with Crippen LogP contribution < -0.4 is 10.9 Å². The van der Waals surface area contributed by atoms with Gasteiger partial charge in [-0.25, -0.2) is 9.48 Å². The number of carbonyl (C=O) groups is 3. The van der Waals surface area contributed by atoms with Gasteiger partial charge in [-0.3, -0.25) is 24.0 Å². The Balaban J connectivity index is 1.58. The first kappa shape index (κ1) is 28.1. The number of amides is 3. The molecular formula is C30H39N5O4. The minimum atomic E-state index is -0.996. The van der Waals surface area contributed by atoms with Gasteiger partial charge in [0.15, 0.2) is 5.78 Å². The Morgan fingerprint density at radius 2 is 1.62 bits per heavy atom. The molecule has 1 unspecified atom stereocenters. The first-order valence-electron chi connectivity index (χ1n) is 13.7. The van der Waals surface area contributed by atoms with Crippen molar-refractivity contribution in [2.45, 2.75) is 78.7 Å². The number of Topliss-reactive ketones (excluding diaryl/α,β-unsaturated/α-hetero) is 1. The van der Waals surface area contributed by atoms with Gasteiger partial charge in [-0.05, 0) is 52.3 Å². The van der Waals surface area contributed by atoms with Gasteiger partial charge in [0.25, 0.3) is 11.5 Å². The third kappa shape index (κ3) is 5.10. The number of ketones is 1. The lowest BCUT2D eigenvalue weighted by Crippen LogP contribution is -2.44. The molecule has 3 amide bonds. The lowest BCUT2D eigenvalue weighted by molar-refractivity contribution is -0.130. The van der Waals surface area contributed by atoms with E-state index in [1.807, 2.05) is 51.2 Å². The molecular weight excluding hydrogens is 494 g/mol. The molecule has 1 atom stereocenters. The molecule has 0 saturated carbocycles. The van der Waals surface area contributed by atoms with E-state index in [-0.39, 0.29) is 23.8 Å². The zero-order valence-corrected chi connectivity index (χ0v) is 23.8. The second-order valence-electron chi connectivity index (χ2n) is 10.8. The maximum absolute atomic E-state index is 13.6. The summed E-state index contributed by atoms with van der Waals surface area (Å²) in [6, 6.07) is 10.6. The predicted octanol–water partition coefficient (Wildman–Crippen LogP) is 4.75. The average molecular weight is 534 g/mol. The number of nitrogens with one attached hydrogen (secondary N) is 1. The van der Waals surface area contributed by atoms with Crippen LogP contribution in [0.3, 0.4) is 0 Å². The van der Waals surface area contributed by atoms with E-state index in [4.69, 9.17) is 0 Å². The Morgan fingerprint density at radius 1 is 0.949 bits per heavy atom. The normalized spacial score (nSPS) is 17.2. The number of aromatic nitrogens is 3. The fraction of sp³-hybridized carbons (Fsp3) is 0.467. The largest absolute Gasteiger partial charge is 0.325 e. The number of unbranched alkanes of at least 4 members (excludes halogenated alkanes) is 4. The number of hydrogen-bond donors (Lipinski definition) is 1. The van der Waals surface area contributed by atoms with Crippen LogP contribution in [0.5, 0.6) is 0 Å². The summed E-state index contributed by atoms with van der Waals surface area (Å²) in [5, 5.41) is 2.81. The summed E-state index contributed by atoms with van der Waals surface area (Å²) in [4.78, 5) is 54.0. The van der Waals surface area contributed by atoms with Gasteiger partial charge in [-0.15, -0.1) is 0 Å². The second-order valence-corrected chi connectivity index (χ2v) is 10.8. The standard InChI is InChI=1S/C30H39N5O4/c1-7-8-9-10-14-17-30(5)28(38)33(29(39)31-30)19-25(36)24-18-20(2)34(21(24)3)26-22(4)32(6)35(27(26)37)23-15-12-11-13-16-23/h11-13,15-16,18H,7-10,14,17,19H2,1-6H3,(H,31,39). The summed E-state index contributed by atoms with van der Waals surface area (Å²) >= 11 is 0. The first-order valence-corrected chi connectivity index (χ1v) is 13.7. The highest BCUT2D eigenvalue weighted by atomic mass is 16.2. The van der Waals surface area contributed by atoms with E-state index >= 15 is 0 Å². The van der Waals surface area contributed by atoms with Crippen molar-refractivity contribution in [1.82, 2.24) is 24.1 Å².